The number of hydrogen-bond donors (Lipinski definition) is 2. The molecule has 3 rings (SSSR count). The van der Waals surface area contributed by atoms with Crippen LogP contribution in [0.2, 0.25) is 0 Å². The summed E-state index contributed by atoms with van der Waals surface area (Å²) in [5.74, 6) is 2.52. The summed E-state index contributed by atoms with van der Waals surface area (Å²) in [6, 6.07) is 8.62. The first-order chi connectivity index (χ1) is 13.9. The van der Waals surface area contributed by atoms with Gasteiger partial charge in [0.15, 0.2) is 5.96 Å². The lowest BCUT2D eigenvalue weighted by atomic mass is 9.98. The normalized spacial score (nSPS) is 16.2. The molecule has 1 aromatic heterocycles. The number of rotatable bonds is 6. The Bertz CT molecular complexity index is 919. The van der Waals surface area contributed by atoms with Crippen molar-refractivity contribution in [3.05, 3.63) is 47.7 Å². The molecule has 166 valence electrons. The molecule has 0 spiro atoms. The molecule has 1 aromatic carbocycles. The highest BCUT2D eigenvalue weighted by molar-refractivity contribution is 14.0. The number of oxazole rings is 1. The molecule has 0 bridgehead atoms. The fourth-order valence-corrected chi connectivity index (χ4v) is 4.82. The van der Waals surface area contributed by atoms with Crippen molar-refractivity contribution in [1.82, 2.24) is 19.9 Å². The van der Waals surface area contributed by atoms with E-state index in [0.29, 0.717) is 42.3 Å². The summed E-state index contributed by atoms with van der Waals surface area (Å²) in [5, 5.41) is 6.51. The Balaban J connectivity index is 0.00000320. The predicted molar refractivity (Wildman–Crippen MR) is 128 cm³/mol. The molecule has 0 unspecified atom stereocenters. The van der Waals surface area contributed by atoms with Crippen molar-refractivity contribution < 1.29 is 12.8 Å². The van der Waals surface area contributed by atoms with Crippen LogP contribution >= 0.6 is 24.0 Å². The lowest BCUT2D eigenvalue weighted by molar-refractivity contribution is 0.273. The molecule has 1 saturated heterocycles. The second kappa shape index (κ2) is 11.1. The molecular formula is C20H30IN5O3S. The van der Waals surface area contributed by atoms with E-state index in [9.17, 15) is 8.42 Å². The largest absolute Gasteiger partial charge is 0.444 e. The zero-order chi connectivity index (χ0) is 20.9. The predicted octanol–water partition coefficient (Wildman–Crippen LogP) is 2.68. The molecule has 2 heterocycles. The van der Waals surface area contributed by atoms with E-state index in [1.165, 1.54) is 0 Å². The molecular weight excluding hydrogens is 517 g/mol. The maximum absolute atomic E-state index is 12.7. The third-order valence-electron chi connectivity index (χ3n) is 5.22. The van der Waals surface area contributed by atoms with E-state index >= 15 is 0 Å². The van der Waals surface area contributed by atoms with E-state index in [1.54, 1.807) is 35.6 Å². The van der Waals surface area contributed by atoms with Crippen molar-refractivity contribution in [3.63, 3.8) is 0 Å². The van der Waals surface area contributed by atoms with Crippen molar-refractivity contribution in [2.45, 2.75) is 38.1 Å². The first kappa shape index (κ1) is 24.6. The van der Waals surface area contributed by atoms with Crippen molar-refractivity contribution in [2.24, 2.45) is 10.9 Å². The number of benzene rings is 1. The summed E-state index contributed by atoms with van der Waals surface area (Å²) in [6.07, 6.45) is 1.63. The van der Waals surface area contributed by atoms with E-state index in [2.05, 4.69) is 20.6 Å². The Morgan fingerprint density at radius 2 is 1.87 bits per heavy atom. The van der Waals surface area contributed by atoms with Gasteiger partial charge in [0.2, 0.25) is 15.9 Å². The molecule has 8 nitrogen and oxygen atoms in total. The van der Waals surface area contributed by atoms with Crippen LogP contribution in [0.5, 0.6) is 0 Å². The van der Waals surface area contributed by atoms with E-state index < -0.39 is 10.0 Å². The Labute approximate surface area is 195 Å². The summed E-state index contributed by atoms with van der Waals surface area (Å²) < 4.78 is 32.6. The minimum Gasteiger partial charge on any atom is -0.444 e. The fraction of sp³-hybridized carbons (Fsp3) is 0.500. The number of aryl methyl sites for hydroxylation is 2. The second-order valence-corrected chi connectivity index (χ2v) is 9.15. The number of nitrogens with zero attached hydrogens (tertiary/aromatic N) is 3. The van der Waals surface area contributed by atoms with E-state index in [1.807, 2.05) is 19.9 Å². The van der Waals surface area contributed by atoms with E-state index in [4.69, 9.17) is 4.42 Å². The topological polar surface area (TPSA) is 99.8 Å². The Morgan fingerprint density at radius 3 is 2.43 bits per heavy atom. The van der Waals surface area contributed by atoms with Crippen molar-refractivity contribution in [2.75, 3.05) is 26.7 Å². The maximum Gasteiger partial charge on any atom is 0.243 e. The highest BCUT2D eigenvalue weighted by atomic mass is 127. The van der Waals surface area contributed by atoms with Crippen LogP contribution in [0.25, 0.3) is 0 Å². The quantitative estimate of drug-likeness (QED) is 0.328. The van der Waals surface area contributed by atoms with Gasteiger partial charge in [-0.1, -0.05) is 18.2 Å². The standard InChI is InChI=1S/C20H29N5O3S.HI/c1-15-16(2)28-19(24-15)14-23-20(21-3)22-13-17-9-11-25(12-10-17)29(26,27)18-7-5-4-6-8-18;/h4-8,17H,9-14H2,1-3H3,(H2,21,22,23);1H. The SMILES string of the molecule is CN=C(NCc1nc(C)c(C)o1)NCC1CCN(S(=O)(=O)c2ccccc2)CC1.I. The molecule has 2 aromatic rings. The summed E-state index contributed by atoms with van der Waals surface area (Å²) >= 11 is 0. The van der Waals surface area contributed by atoms with Crippen LogP contribution in [0.15, 0.2) is 44.6 Å². The monoisotopic (exact) mass is 547 g/mol. The number of sulfonamides is 1. The third kappa shape index (κ3) is 6.17. The number of piperidine rings is 1. The van der Waals surface area contributed by atoms with Gasteiger partial charge in [-0.3, -0.25) is 4.99 Å². The average molecular weight is 547 g/mol. The zero-order valence-electron chi connectivity index (χ0n) is 17.6. The highest BCUT2D eigenvalue weighted by Crippen LogP contribution is 2.23. The van der Waals surface area contributed by atoms with Gasteiger partial charge in [0.25, 0.3) is 0 Å². The molecule has 0 amide bonds. The molecule has 30 heavy (non-hydrogen) atoms. The molecule has 0 saturated carbocycles. The molecule has 1 aliphatic rings. The van der Waals surface area contributed by atoms with Gasteiger partial charge in [-0.2, -0.15) is 4.31 Å². The first-order valence-electron chi connectivity index (χ1n) is 9.82. The summed E-state index contributed by atoms with van der Waals surface area (Å²) in [7, 11) is -1.68. The Hall–Kier alpha value is -1.66. The van der Waals surface area contributed by atoms with Crippen molar-refractivity contribution in [3.8, 4) is 0 Å². The van der Waals surface area contributed by atoms with Gasteiger partial charge in [-0.25, -0.2) is 13.4 Å². The van der Waals surface area contributed by atoms with Gasteiger partial charge in [0.05, 0.1) is 17.1 Å². The zero-order valence-corrected chi connectivity index (χ0v) is 20.7. The lowest BCUT2D eigenvalue weighted by Crippen LogP contribution is -2.44. The Morgan fingerprint density at radius 1 is 1.20 bits per heavy atom. The first-order valence-corrected chi connectivity index (χ1v) is 11.3. The van der Waals surface area contributed by atoms with Gasteiger partial charge < -0.3 is 15.1 Å². The summed E-state index contributed by atoms with van der Waals surface area (Å²) in [5.41, 5.74) is 0.891. The Kier molecular flexibility index (Phi) is 9.10. The number of halogens is 1. The minimum absolute atomic E-state index is 0. The van der Waals surface area contributed by atoms with Crippen LogP contribution in [0.1, 0.15) is 30.2 Å². The molecule has 0 atom stereocenters. The van der Waals surface area contributed by atoms with E-state index in [0.717, 1.165) is 30.8 Å². The molecule has 2 N–H and O–H groups in total. The van der Waals surface area contributed by atoms with Crippen molar-refractivity contribution >= 4 is 40.0 Å². The van der Waals surface area contributed by atoms with Crippen molar-refractivity contribution in [1.29, 1.82) is 0 Å². The molecule has 0 radical (unpaired) electrons. The second-order valence-electron chi connectivity index (χ2n) is 7.22. The summed E-state index contributed by atoms with van der Waals surface area (Å²) in [4.78, 5) is 8.94. The van der Waals surface area contributed by atoms with Crippen LogP contribution < -0.4 is 10.6 Å². The fourth-order valence-electron chi connectivity index (χ4n) is 3.33. The van der Waals surface area contributed by atoms with Gasteiger partial charge in [0.1, 0.15) is 5.76 Å². The summed E-state index contributed by atoms with van der Waals surface area (Å²) in [6.45, 7) is 6.07. The minimum atomic E-state index is -3.40. The van der Waals surface area contributed by atoms with Gasteiger partial charge in [-0.05, 0) is 44.7 Å². The van der Waals surface area contributed by atoms with Crippen LogP contribution in [0.4, 0.5) is 0 Å². The third-order valence-corrected chi connectivity index (χ3v) is 7.13. The molecule has 10 heteroatoms. The number of aromatic nitrogens is 1. The molecule has 1 fully saturated rings. The van der Waals surface area contributed by atoms with Gasteiger partial charge in [0, 0.05) is 26.7 Å². The average Bonchev–Trinajstić information content (AvgIpc) is 3.06. The van der Waals surface area contributed by atoms with Gasteiger partial charge >= 0.3 is 0 Å². The molecule has 1 aliphatic heterocycles. The van der Waals surface area contributed by atoms with Crippen LogP contribution in [0.3, 0.4) is 0 Å². The number of nitrogens with one attached hydrogen (secondary N) is 2. The van der Waals surface area contributed by atoms with Gasteiger partial charge in [-0.15, -0.1) is 24.0 Å². The highest BCUT2D eigenvalue weighted by Gasteiger charge is 2.29. The van der Waals surface area contributed by atoms with Crippen LogP contribution in [0, 0.1) is 19.8 Å². The number of guanidine groups is 1. The molecule has 0 aliphatic carbocycles. The van der Waals surface area contributed by atoms with Crippen LogP contribution in [-0.4, -0.2) is 50.3 Å². The van der Waals surface area contributed by atoms with E-state index in [-0.39, 0.29) is 24.0 Å². The van der Waals surface area contributed by atoms with Crippen LogP contribution in [-0.2, 0) is 16.6 Å². The number of aliphatic imine (C=N–C) groups is 1. The maximum atomic E-state index is 12.7. The number of hydrogen-bond acceptors (Lipinski definition) is 5. The lowest BCUT2D eigenvalue weighted by Gasteiger charge is -2.31. The smallest absolute Gasteiger partial charge is 0.243 e.